The Labute approximate surface area is 95.2 Å². The van der Waals surface area contributed by atoms with E-state index in [2.05, 4.69) is 17.1 Å². The van der Waals surface area contributed by atoms with E-state index in [4.69, 9.17) is 0 Å². The highest BCUT2D eigenvalue weighted by atomic mass is 19.4. The Bertz CT molecular complexity index is 186. The monoisotopic (exact) mass is 238 g/mol. The van der Waals surface area contributed by atoms with E-state index in [1.54, 1.807) is 0 Å². The van der Waals surface area contributed by atoms with Gasteiger partial charge in [0.05, 0.1) is 0 Å². The highest BCUT2D eigenvalue weighted by Crippen LogP contribution is 2.22. The third-order valence-electron chi connectivity index (χ3n) is 3.01. The van der Waals surface area contributed by atoms with E-state index in [0.717, 1.165) is 32.5 Å². The lowest BCUT2D eigenvalue weighted by atomic mass is 10.0. The summed E-state index contributed by atoms with van der Waals surface area (Å²) in [5.74, 6) is 0. The van der Waals surface area contributed by atoms with Crippen LogP contribution in [-0.4, -0.2) is 43.3 Å². The van der Waals surface area contributed by atoms with E-state index in [0.29, 0.717) is 12.6 Å². The lowest BCUT2D eigenvalue weighted by molar-refractivity contribution is -0.136. The van der Waals surface area contributed by atoms with Gasteiger partial charge in [0.15, 0.2) is 0 Å². The summed E-state index contributed by atoms with van der Waals surface area (Å²) in [7, 11) is 0. The van der Waals surface area contributed by atoms with Crippen molar-refractivity contribution in [3.05, 3.63) is 0 Å². The molecular formula is C11H21F3N2. The number of rotatable bonds is 5. The zero-order valence-corrected chi connectivity index (χ0v) is 9.82. The van der Waals surface area contributed by atoms with Crippen molar-refractivity contribution in [2.75, 3.05) is 26.2 Å². The van der Waals surface area contributed by atoms with Crippen LogP contribution in [-0.2, 0) is 0 Å². The van der Waals surface area contributed by atoms with Crippen LogP contribution in [0.25, 0.3) is 0 Å². The second-order valence-electron chi connectivity index (χ2n) is 4.39. The Kier molecular flexibility index (Phi) is 5.55. The van der Waals surface area contributed by atoms with Crippen molar-refractivity contribution in [2.45, 2.75) is 44.8 Å². The molecular weight excluding hydrogens is 217 g/mol. The molecule has 0 radical (unpaired) electrons. The number of halogens is 3. The number of hydrogen-bond acceptors (Lipinski definition) is 2. The molecule has 1 fully saturated rings. The Morgan fingerprint density at radius 3 is 2.38 bits per heavy atom. The zero-order chi connectivity index (χ0) is 12.0. The van der Waals surface area contributed by atoms with Crippen LogP contribution < -0.4 is 5.32 Å². The summed E-state index contributed by atoms with van der Waals surface area (Å²) in [4.78, 5) is 2.14. The van der Waals surface area contributed by atoms with Crippen LogP contribution in [0.15, 0.2) is 0 Å². The first kappa shape index (κ1) is 13.8. The van der Waals surface area contributed by atoms with Gasteiger partial charge in [0.2, 0.25) is 0 Å². The first-order chi connectivity index (χ1) is 7.51. The average molecular weight is 238 g/mol. The van der Waals surface area contributed by atoms with Crippen molar-refractivity contribution in [2.24, 2.45) is 0 Å². The van der Waals surface area contributed by atoms with Gasteiger partial charge in [-0.3, -0.25) is 0 Å². The van der Waals surface area contributed by atoms with E-state index in [1.165, 1.54) is 0 Å². The van der Waals surface area contributed by atoms with E-state index in [1.807, 2.05) is 0 Å². The van der Waals surface area contributed by atoms with E-state index < -0.39 is 12.6 Å². The standard InChI is InChI=1S/C11H21F3N2/c1-2-15-10-4-8-16(9-5-10)7-3-6-11(12,13)14/h10,15H,2-9H2,1H3. The van der Waals surface area contributed by atoms with Crippen molar-refractivity contribution >= 4 is 0 Å². The molecule has 1 aliphatic rings. The maximum atomic E-state index is 11.9. The minimum atomic E-state index is -4.00. The highest BCUT2D eigenvalue weighted by molar-refractivity contribution is 4.76. The maximum absolute atomic E-state index is 11.9. The van der Waals surface area contributed by atoms with E-state index >= 15 is 0 Å². The number of likely N-dealkylation sites (tertiary alicyclic amines) is 1. The van der Waals surface area contributed by atoms with Gasteiger partial charge in [0, 0.05) is 12.5 Å². The summed E-state index contributed by atoms with van der Waals surface area (Å²) in [6, 6.07) is 0.559. The highest BCUT2D eigenvalue weighted by Gasteiger charge is 2.27. The van der Waals surface area contributed by atoms with Crippen LogP contribution in [0.4, 0.5) is 13.2 Å². The van der Waals surface area contributed by atoms with Crippen LogP contribution in [0.1, 0.15) is 32.6 Å². The minimum Gasteiger partial charge on any atom is -0.314 e. The fourth-order valence-corrected chi connectivity index (χ4v) is 2.15. The number of piperidine rings is 1. The van der Waals surface area contributed by atoms with Crippen LogP contribution in [0.5, 0.6) is 0 Å². The molecule has 0 saturated carbocycles. The number of alkyl halides is 3. The lowest BCUT2D eigenvalue weighted by Gasteiger charge is -2.32. The second-order valence-corrected chi connectivity index (χ2v) is 4.39. The third kappa shape index (κ3) is 5.70. The number of nitrogens with zero attached hydrogens (tertiary/aromatic N) is 1. The summed E-state index contributed by atoms with van der Waals surface area (Å²) in [5.41, 5.74) is 0. The molecule has 5 heteroatoms. The van der Waals surface area contributed by atoms with Gasteiger partial charge < -0.3 is 10.2 Å². The van der Waals surface area contributed by atoms with Gasteiger partial charge in [-0.2, -0.15) is 13.2 Å². The molecule has 0 aromatic rings. The predicted octanol–water partition coefficient (Wildman–Crippen LogP) is 2.40. The van der Waals surface area contributed by atoms with Gasteiger partial charge in [-0.05, 0) is 45.4 Å². The molecule has 2 nitrogen and oxygen atoms in total. The molecule has 1 N–H and O–H groups in total. The van der Waals surface area contributed by atoms with Crippen LogP contribution in [0.3, 0.4) is 0 Å². The molecule has 0 bridgehead atoms. The topological polar surface area (TPSA) is 15.3 Å². The molecule has 16 heavy (non-hydrogen) atoms. The van der Waals surface area contributed by atoms with Crippen molar-refractivity contribution < 1.29 is 13.2 Å². The first-order valence-corrected chi connectivity index (χ1v) is 6.04. The molecule has 0 unspecified atom stereocenters. The Balaban J connectivity index is 2.08. The Morgan fingerprint density at radius 2 is 1.88 bits per heavy atom. The van der Waals surface area contributed by atoms with Gasteiger partial charge in [-0.15, -0.1) is 0 Å². The number of hydrogen-bond donors (Lipinski definition) is 1. The predicted molar refractivity (Wildman–Crippen MR) is 58.4 cm³/mol. The molecule has 1 heterocycles. The molecule has 0 atom stereocenters. The number of nitrogens with one attached hydrogen (secondary N) is 1. The van der Waals surface area contributed by atoms with Crippen LogP contribution in [0.2, 0.25) is 0 Å². The smallest absolute Gasteiger partial charge is 0.314 e. The summed E-state index contributed by atoms with van der Waals surface area (Å²) < 4.78 is 35.8. The lowest BCUT2D eigenvalue weighted by Crippen LogP contribution is -2.42. The van der Waals surface area contributed by atoms with Crippen LogP contribution in [0, 0.1) is 0 Å². The molecule has 1 aliphatic heterocycles. The third-order valence-corrected chi connectivity index (χ3v) is 3.01. The SMILES string of the molecule is CCNC1CCN(CCCC(F)(F)F)CC1. The van der Waals surface area contributed by atoms with E-state index in [-0.39, 0.29) is 6.42 Å². The van der Waals surface area contributed by atoms with Crippen molar-refractivity contribution in [1.82, 2.24) is 10.2 Å². The van der Waals surface area contributed by atoms with Gasteiger partial charge >= 0.3 is 6.18 Å². The molecule has 0 aromatic heterocycles. The first-order valence-electron chi connectivity index (χ1n) is 6.04. The summed E-state index contributed by atoms with van der Waals surface area (Å²) in [6.45, 7) is 5.48. The van der Waals surface area contributed by atoms with Gasteiger partial charge in [-0.25, -0.2) is 0 Å². The normalized spacial score (nSPS) is 20.2. The van der Waals surface area contributed by atoms with Crippen molar-refractivity contribution in [1.29, 1.82) is 0 Å². The molecule has 0 amide bonds. The molecule has 1 saturated heterocycles. The van der Waals surface area contributed by atoms with Crippen molar-refractivity contribution in [3.8, 4) is 0 Å². The van der Waals surface area contributed by atoms with Crippen LogP contribution >= 0.6 is 0 Å². The van der Waals surface area contributed by atoms with Gasteiger partial charge in [-0.1, -0.05) is 6.92 Å². The summed E-state index contributed by atoms with van der Waals surface area (Å²) >= 11 is 0. The molecule has 0 aliphatic carbocycles. The van der Waals surface area contributed by atoms with Gasteiger partial charge in [0.25, 0.3) is 0 Å². The zero-order valence-electron chi connectivity index (χ0n) is 9.82. The summed E-state index contributed by atoms with van der Waals surface area (Å²) in [5, 5.41) is 3.38. The fourth-order valence-electron chi connectivity index (χ4n) is 2.15. The minimum absolute atomic E-state index is 0.232. The quantitative estimate of drug-likeness (QED) is 0.791. The molecule has 0 spiro atoms. The van der Waals surface area contributed by atoms with E-state index in [9.17, 15) is 13.2 Å². The molecule has 0 aromatic carbocycles. The molecule has 96 valence electrons. The summed E-state index contributed by atoms with van der Waals surface area (Å²) in [6.07, 6.45) is -2.31. The average Bonchev–Trinajstić information content (AvgIpc) is 2.19. The Hall–Kier alpha value is -0.290. The largest absolute Gasteiger partial charge is 0.389 e. The molecule has 1 rings (SSSR count). The fraction of sp³-hybridized carbons (Fsp3) is 1.00. The second kappa shape index (κ2) is 6.45. The van der Waals surface area contributed by atoms with Gasteiger partial charge in [0.1, 0.15) is 0 Å². The Morgan fingerprint density at radius 1 is 1.25 bits per heavy atom. The maximum Gasteiger partial charge on any atom is 0.389 e. The van der Waals surface area contributed by atoms with Crippen molar-refractivity contribution in [3.63, 3.8) is 0 Å².